The predicted octanol–water partition coefficient (Wildman–Crippen LogP) is 2.85. The van der Waals surface area contributed by atoms with Crippen LogP contribution in [0.25, 0.3) is 10.8 Å². The van der Waals surface area contributed by atoms with Gasteiger partial charge in [0.25, 0.3) is 0 Å². The van der Waals surface area contributed by atoms with Crippen molar-refractivity contribution in [1.29, 1.82) is 0 Å². The molecule has 17 heavy (non-hydrogen) atoms. The minimum absolute atomic E-state index is 0.460. The van der Waals surface area contributed by atoms with Crippen LogP contribution in [0.5, 0.6) is 0 Å². The second kappa shape index (κ2) is 5.50. The Kier molecular flexibility index (Phi) is 3.77. The summed E-state index contributed by atoms with van der Waals surface area (Å²) < 4.78 is 0. The second-order valence-electron chi connectivity index (χ2n) is 3.46. The van der Waals surface area contributed by atoms with Crippen molar-refractivity contribution >= 4 is 33.9 Å². The molecule has 0 saturated heterocycles. The average Bonchev–Trinajstić information content (AvgIpc) is 2.39. The van der Waals surface area contributed by atoms with Gasteiger partial charge in [-0.25, -0.2) is 0 Å². The highest BCUT2D eigenvalue weighted by molar-refractivity contribution is 8.13. The van der Waals surface area contributed by atoms with Gasteiger partial charge in [-0.2, -0.15) is 5.10 Å². The number of benzene rings is 2. The van der Waals surface area contributed by atoms with Crippen molar-refractivity contribution in [1.82, 2.24) is 0 Å². The highest BCUT2D eigenvalue weighted by Gasteiger charge is 1.96. The zero-order valence-electron chi connectivity index (χ0n) is 9.50. The van der Waals surface area contributed by atoms with Crippen LogP contribution in [0.3, 0.4) is 0 Å². The lowest BCUT2D eigenvalue weighted by Crippen LogP contribution is -2.03. The van der Waals surface area contributed by atoms with E-state index >= 15 is 0 Å². The van der Waals surface area contributed by atoms with Crippen LogP contribution in [-0.4, -0.2) is 17.6 Å². The van der Waals surface area contributed by atoms with E-state index in [1.54, 1.807) is 6.21 Å². The fourth-order valence-corrected chi connectivity index (χ4v) is 1.68. The van der Waals surface area contributed by atoms with Crippen LogP contribution >= 0.6 is 11.8 Å². The Morgan fingerprint density at radius 1 is 1.18 bits per heavy atom. The molecule has 0 aliphatic carbocycles. The summed E-state index contributed by atoms with van der Waals surface area (Å²) in [5, 5.41) is 10.7. The molecule has 0 radical (unpaired) electrons. The van der Waals surface area contributed by atoms with Crippen LogP contribution in [-0.2, 0) is 0 Å². The Hall–Kier alpha value is -1.81. The van der Waals surface area contributed by atoms with Crippen LogP contribution in [0.4, 0.5) is 0 Å². The molecule has 0 saturated carbocycles. The highest BCUT2D eigenvalue weighted by atomic mass is 32.2. The molecule has 2 rings (SSSR count). The fraction of sp³-hybridized carbons (Fsp3) is 0.0769. The average molecular weight is 243 g/mol. The highest BCUT2D eigenvalue weighted by Crippen LogP contribution is 2.16. The van der Waals surface area contributed by atoms with Crippen molar-refractivity contribution in [3.8, 4) is 0 Å². The van der Waals surface area contributed by atoms with E-state index in [9.17, 15) is 0 Å². The van der Waals surface area contributed by atoms with Gasteiger partial charge in [0.05, 0.1) is 6.21 Å². The summed E-state index contributed by atoms with van der Waals surface area (Å²) >= 11 is 1.38. The zero-order chi connectivity index (χ0) is 12.1. The maximum atomic E-state index is 5.55. The summed E-state index contributed by atoms with van der Waals surface area (Å²) in [6.07, 6.45) is 3.59. The summed E-state index contributed by atoms with van der Waals surface area (Å²) in [5.41, 5.74) is 6.59. The normalized spacial score (nSPS) is 12.4. The molecule has 0 aliphatic rings. The molecular weight excluding hydrogens is 230 g/mol. The smallest absolute Gasteiger partial charge is 0.180 e. The summed E-state index contributed by atoms with van der Waals surface area (Å²) in [4.78, 5) is 0. The summed E-state index contributed by atoms with van der Waals surface area (Å²) in [5.74, 6) is 0. The van der Waals surface area contributed by atoms with E-state index < -0.39 is 0 Å². The summed E-state index contributed by atoms with van der Waals surface area (Å²) in [6.45, 7) is 0. The first kappa shape index (κ1) is 11.7. The predicted molar refractivity (Wildman–Crippen MR) is 76.7 cm³/mol. The standard InChI is InChI=1S/C13H13N3S/c1-17-13(14)16-15-9-11-7-4-6-10-5-2-3-8-12(10)11/h2-9H,1H3,(H2,14,16). The van der Waals surface area contributed by atoms with Crippen LogP contribution < -0.4 is 5.73 Å². The molecule has 0 heterocycles. The third-order valence-electron chi connectivity index (χ3n) is 2.39. The number of fused-ring (bicyclic) bond motifs is 1. The van der Waals surface area contributed by atoms with Gasteiger partial charge in [-0.05, 0) is 17.0 Å². The molecule has 0 aliphatic heterocycles. The van der Waals surface area contributed by atoms with Gasteiger partial charge < -0.3 is 5.73 Å². The molecule has 0 fully saturated rings. The molecule has 86 valence electrons. The van der Waals surface area contributed by atoms with Crippen LogP contribution in [0.2, 0.25) is 0 Å². The van der Waals surface area contributed by atoms with Gasteiger partial charge >= 0.3 is 0 Å². The van der Waals surface area contributed by atoms with Crippen molar-refractivity contribution in [3.63, 3.8) is 0 Å². The monoisotopic (exact) mass is 243 g/mol. The molecule has 3 nitrogen and oxygen atoms in total. The van der Waals surface area contributed by atoms with Gasteiger partial charge in [-0.15, -0.1) is 5.10 Å². The Bertz CT molecular complexity index is 570. The Morgan fingerprint density at radius 2 is 1.94 bits per heavy atom. The van der Waals surface area contributed by atoms with Crippen molar-refractivity contribution in [3.05, 3.63) is 48.0 Å². The molecule has 2 N–H and O–H groups in total. The van der Waals surface area contributed by atoms with Gasteiger partial charge in [0, 0.05) is 5.56 Å². The topological polar surface area (TPSA) is 50.7 Å². The summed E-state index contributed by atoms with van der Waals surface area (Å²) in [7, 11) is 0. The van der Waals surface area contributed by atoms with Crippen LogP contribution in [0.15, 0.2) is 52.7 Å². The maximum absolute atomic E-state index is 5.55. The largest absolute Gasteiger partial charge is 0.377 e. The molecule has 4 heteroatoms. The lowest BCUT2D eigenvalue weighted by atomic mass is 10.1. The van der Waals surface area contributed by atoms with Crippen molar-refractivity contribution < 1.29 is 0 Å². The van der Waals surface area contributed by atoms with E-state index in [4.69, 9.17) is 5.73 Å². The SMILES string of the molecule is CS/C(N)=N\N=Cc1cccc2ccccc12. The number of nitrogens with two attached hydrogens (primary N) is 1. The van der Waals surface area contributed by atoms with E-state index in [1.165, 1.54) is 17.1 Å². The first-order valence-electron chi connectivity index (χ1n) is 5.19. The second-order valence-corrected chi connectivity index (χ2v) is 4.28. The Labute approximate surface area is 104 Å². The summed E-state index contributed by atoms with van der Waals surface area (Å²) in [6, 6.07) is 14.3. The molecule has 2 aromatic carbocycles. The third kappa shape index (κ3) is 2.85. The van der Waals surface area contributed by atoms with Crippen molar-refractivity contribution in [2.75, 3.05) is 6.26 Å². The van der Waals surface area contributed by atoms with Gasteiger partial charge in [-0.1, -0.05) is 54.2 Å². The van der Waals surface area contributed by atoms with Crippen LogP contribution in [0, 0.1) is 0 Å². The number of amidine groups is 1. The molecule has 0 atom stereocenters. The molecule has 0 unspecified atom stereocenters. The van der Waals surface area contributed by atoms with Gasteiger partial charge in [-0.3, -0.25) is 0 Å². The van der Waals surface area contributed by atoms with E-state index in [2.05, 4.69) is 28.4 Å². The maximum Gasteiger partial charge on any atom is 0.180 e. The fourth-order valence-electron chi connectivity index (χ4n) is 1.55. The lowest BCUT2D eigenvalue weighted by Gasteiger charge is -2.00. The Morgan fingerprint density at radius 3 is 2.76 bits per heavy atom. The first-order chi connectivity index (χ1) is 8.31. The molecule has 0 aromatic heterocycles. The van der Waals surface area contributed by atoms with E-state index in [0.29, 0.717) is 5.17 Å². The molecule has 0 amide bonds. The lowest BCUT2D eigenvalue weighted by molar-refractivity contribution is 1.25. The van der Waals surface area contributed by atoms with E-state index in [1.807, 2.05) is 30.5 Å². The minimum atomic E-state index is 0.460. The number of hydrogen-bond acceptors (Lipinski definition) is 3. The molecule has 2 aromatic rings. The Balaban J connectivity index is 2.36. The molecular formula is C13H13N3S. The van der Waals surface area contributed by atoms with E-state index in [0.717, 1.165) is 10.9 Å². The van der Waals surface area contributed by atoms with Crippen molar-refractivity contribution in [2.45, 2.75) is 0 Å². The van der Waals surface area contributed by atoms with Gasteiger partial charge in [0.15, 0.2) is 5.17 Å². The number of rotatable bonds is 2. The molecule has 0 spiro atoms. The third-order valence-corrected chi connectivity index (χ3v) is 2.89. The van der Waals surface area contributed by atoms with Crippen LogP contribution in [0.1, 0.15) is 5.56 Å². The van der Waals surface area contributed by atoms with E-state index in [-0.39, 0.29) is 0 Å². The quantitative estimate of drug-likeness (QED) is 0.501. The van der Waals surface area contributed by atoms with Gasteiger partial charge in [0.2, 0.25) is 0 Å². The number of nitrogens with zero attached hydrogens (tertiary/aromatic N) is 2. The number of thioether (sulfide) groups is 1. The number of hydrogen-bond donors (Lipinski definition) is 1. The van der Waals surface area contributed by atoms with Crippen molar-refractivity contribution in [2.24, 2.45) is 15.9 Å². The molecule has 0 bridgehead atoms. The minimum Gasteiger partial charge on any atom is -0.377 e. The zero-order valence-corrected chi connectivity index (χ0v) is 10.3. The first-order valence-corrected chi connectivity index (χ1v) is 6.42. The van der Waals surface area contributed by atoms with Gasteiger partial charge in [0.1, 0.15) is 0 Å².